The zero-order valence-corrected chi connectivity index (χ0v) is 16.5. The number of unbranched alkanes of at least 4 members (excludes halogenated alkanes) is 2. The van der Waals surface area contributed by atoms with Crippen molar-refractivity contribution in [3.63, 3.8) is 0 Å². The van der Waals surface area contributed by atoms with Crippen LogP contribution in [-0.4, -0.2) is 9.90 Å². The van der Waals surface area contributed by atoms with Gasteiger partial charge in [0.25, 0.3) is 5.56 Å². The van der Waals surface area contributed by atoms with Crippen molar-refractivity contribution in [2.45, 2.75) is 25.8 Å². The molecule has 4 heteroatoms. The van der Waals surface area contributed by atoms with Crippen molar-refractivity contribution < 1.29 is 0 Å². The minimum absolute atomic E-state index is 0.0886. The average molecular weight is 449 g/mol. The lowest BCUT2D eigenvalue weighted by Gasteiger charge is -2.13. The van der Waals surface area contributed by atoms with Crippen LogP contribution in [0.2, 0.25) is 0 Å². The molecule has 0 radical (unpaired) electrons. The Morgan fingerprint density at radius 1 is 0.917 bits per heavy atom. The van der Waals surface area contributed by atoms with Gasteiger partial charge in [-0.1, -0.05) is 68.6 Å². The first kappa shape index (κ1) is 17.4. The fourth-order valence-electron chi connectivity index (χ4n) is 2.95. The van der Waals surface area contributed by atoms with E-state index in [1.54, 1.807) is 0 Å². The Hall–Kier alpha value is -1.39. The molecule has 0 atom stereocenters. The van der Waals surface area contributed by atoms with Crippen LogP contribution in [0.5, 0.6) is 0 Å². The van der Waals surface area contributed by atoms with Crippen LogP contribution in [-0.2, 0) is 6.54 Å². The Balaban J connectivity index is 2.10. The van der Waals surface area contributed by atoms with Gasteiger partial charge in [-0.05, 0) is 48.1 Å². The molecule has 1 heterocycles. The van der Waals surface area contributed by atoms with E-state index in [2.05, 4.69) is 37.9 Å². The van der Waals surface area contributed by atoms with Crippen molar-refractivity contribution in [3.8, 4) is 11.1 Å². The van der Waals surface area contributed by atoms with Crippen LogP contribution in [0.3, 0.4) is 0 Å². The van der Waals surface area contributed by atoms with Gasteiger partial charge < -0.3 is 4.57 Å². The summed E-state index contributed by atoms with van der Waals surface area (Å²) >= 11 is 6.96. The van der Waals surface area contributed by atoms with E-state index >= 15 is 0 Å². The molecule has 1 aromatic heterocycles. The van der Waals surface area contributed by atoms with Crippen LogP contribution in [0.4, 0.5) is 0 Å². The standard InChI is InChI=1S/C20H19Br2NO/c21-11-4-1-5-12-23-19-10-3-2-7-16(19)14-18(20(23)24)15-8-6-9-17(22)13-15/h2-3,6-10,13-14H,1,4-5,11-12H2. The van der Waals surface area contributed by atoms with E-state index in [4.69, 9.17) is 0 Å². The first-order valence-corrected chi connectivity index (χ1v) is 10.1. The zero-order valence-electron chi connectivity index (χ0n) is 13.3. The molecule has 24 heavy (non-hydrogen) atoms. The highest BCUT2D eigenvalue weighted by atomic mass is 79.9. The molecule has 124 valence electrons. The van der Waals surface area contributed by atoms with Gasteiger partial charge in [-0.2, -0.15) is 0 Å². The number of alkyl halides is 1. The molecule has 3 aromatic rings. The van der Waals surface area contributed by atoms with Gasteiger partial charge in [0.05, 0.1) is 5.52 Å². The Bertz CT molecular complexity index is 902. The molecule has 0 aliphatic rings. The Labute approximate surface area is 158 Å². The largest absolute Gasteiger partial charge is 0.308 e. The maximum Gasteiger partial charge on any atom is 0.258 e. The summed E-state index contributed by atoms with van der Waals surface area (Å²) in [5, 5.41) is 2.12. The zero-order chi connectivity index (χ0) is 16.9. The molecular formula is C20H19Br2NO. The maximum absolute atomic E-state index is 13.1. The number of nitrogens with zero attached hydrogens (tertiary/aromatic N) is 1. The molecule has 0 aliphatic carbocycles. The van der Waals surface area contributed by atoms with Crippen LogP contribution in [0.15, 0.2) is 63.9 Å². The molecule has 0 unspecified atom stereocenters. The number of aromatic nitrogens is 1. The number of fused-ring (bicyclic) bond motifs is 1. The molecule has 2 aromatic carbocycles. The topological polar surface area (TPSA) is 22.0 Å². The number of rotatable bonds is 6. The molecule has 0 saturated carbocycles. The minimum atomic E-state index is 0.0886. The Morgan fingerprint density at radius 2 is 1.75 bits per heavy atom. The summed E-state index contributed by atoms with van der Waals surface area (Å²) in [4.78, 5) is 13.1. The average Bonchev–Trinajstić information content (AvgIpc) is 2.60. The highest BCUT2D eigenvalue weighted by Crippen LogP contribution is 2.24. The monoisotopic (exact) mass is 447 g/mol. The van der Waals surface area contributed by atoms with Crippen LogP contribution >= 0.6 is 31.9 Å². The van der Waals surface area contributed by atoms with E-state index in [0.717, 1.165) is 57.6 Å². The van der Waals surface area contributed by atoms with Gasteiger partial charge in [-0.15, -0.1) is 0 Å². The predicted octanol–water partition coefficient (Wildman–Crippen LogP) is 6.00. The molecule has 2 nitrogen and oxygen atoms in total. The number of para-hydroxylation sites is 1. The van der Waals surface area contributed by atoms with Crippen molar-refractivity contribution in [3.05, 3.63) is 69.4 Å². The molecule has 3 rings (SSSR count). The smallest absolute Gasteiger partial charge is 0.258 e. The lowest BCUT2D eigenvalue weighted by atomic mass is 10.0. The normalized spacial score (nSPS) is 11.1. The third-order valence-corrected chi connectivity index (χ3v) is 5.21. The third kappa shape index (κ3) is 3.81. The van der Waals surface area contributed by atoms with Crippen LogP contribution in [0.25, 0.3) is 22.0 Å². The second-order valence-corrected chi connectivity index (χ2v) is 7.54. The molecule has 0 N–H and O–H groups in total. The lowest BCUT2D eigenvalue weighted by molar-refractivity contribution is 0.606. The van der Waals surface area contributed by atoms with E-state index in [1.165, 1.54) is 0 Å². The molecule has 0 amide bonds. The summed E-state index contributed by atoms with van der Waals surface area (Å²) in [6.07, 6.45) is 3.27. The molecule has 0 spiro atoms. The molecule has 0 saturated heterocycles. The van der Waals surface area contributed by atoms with Gasteiger partial charge in [-0.25, -0.2) is 0 Å². The number of pyridine rings is 1. The molecule has 0 fully saturated rings. The Kier molecular flexibility index (Phi) is 5.90. The van der Waals surface area contributed by atoms with Crippen molar-refractivity contribution in [2.24, 2.45) is 0 Å². The predicted molar refractivity (Wildman–Crippen MR) is 109 cm³/mol. The number of hydrogen-bond donors (Lipinski definition) is 0. The molecule has 0 aliphatic heterocycles. The second kappa shape index (κ2) is 8.13. The highest BCUT2D eigenvalue weighted by molar-refractivity contribution is 9.10. The number of aryl methyl sites for hydroxylation is 1. The van der Waals surface area contributed by atoms with Crippen molar-refractivity contribution in [1.82, 2.24) is 4.57 Å². The second-order valence-electron chi connectivity index (χ2n) is 5.83. The van der Waals surface area contributed by atoms with Gasteiger partial charge in [-0.3, -0.25) is 4.79 Å². The van der Waals surface area contributed by atoms with Gasteiger partial charge in [0.1, 0.15) is 0 Å². The summed E-state index contributed by atoms with van der Waals surface area (Å²) in [5.41, 5.74) is 2.82. The summed E-state index contributed by atoms with van der Waals surface area (Å²) in [6.45, 7) is 0.758. The highest BCUT2D eigenvalue weighted by Gasteiger charge is 2.11. The van der Waals surface area contributed by atoms with Crippen LogP contribution in [0, 0.1) is 0 Å². The van der Waals surface area contributed by atoms with Gasteiger partial charge >= 0.3 is 0 Å². The van der Waals surface area contributed by atoms with Gasteiger partial charge in [0, 0.05) is 21.9 Å². The van der Waals surface area contributed by atoms with E-state index in [-0.39, 0.29) is 5.56 Å². The molecular weight excluding hydrogens is 430 g/mol. The van der Waals surface area contributed by atoms with E-state index in [9.17, 15) is 4.79 Å². The SMILES string of the molecule is O=c1c(-c2cccc(Br)c2)cc2ccccc2n1CCCCCBr. The third-order valence-electron chi connectivity index (χ3n) is 4.15. The minimum Gasteiger partial charge on any atom is -0.308 e. The van der Waals surface area contributed by atoms with Crippen molar-refractivity contribution in [1.29, 1.82) is 0 Å². The fraction of sp³-hybridized carbons (Fsp3) is 0.250. The fourth-order valence-corrected chi connectivity index (χ4v) is 3.75. The molecule has 0 bridgehead atoms. The maximum atomic E-state index is 13.1. The van der Waals surface area contributed by atoms with Gasteiger partial charge in [0.2, 0.25) is 0 Å². The van der Waals surface area contributed by atoms with E-state index < -0.39 is 0 Å². The Morgan fingerprint density at radius 3 is 2.54 bits per heavy atom. The number of benzene rings is 2. The first-order chi connectivity index (χ1) is 11.7. The van der Waals surface area contributed by atoms with E-state index in [1.807, 2.05) is 53.1 Å². The quantitative estimate of drug-likeness (QED) is 0.335. The lowest BCUT2D eigenvalue weighted by Crippen LogP contribution is -2.22. The first-order valence-electron chi connectivity index (χ1n) is 8.15. The summed E-state index contributed by atoms with van der Waals surface area (Å²) in [7, 11) is 0. The van der Waals surface area contributed by atoms with Crippen molar-refractivity contribution in [2.75, 3.05) is 5.33 Å². The summed E-state index contributed by atoms with van der Waals surface area (Å²) in [6, 6.07) is 18.1. The summed E-state index contributed by atoms with van der Waals surface area (Å²) in [5.74, 6) is 0. The van der Waals surface area contributed by atoms with Crippen molar-refractivity contribution >= 4 is 42.8 Å². The number of halogens is 2. The van der Waals surface area contributed by atoms with E-state index in [0.29, 0.717) is 0 Å². The van der Waals surface area contributed by atoms with Crippen LogP contribution in [0.1, 0.15) is 19.3 Å². The number of hydrogen-bond acceptors (Lipinski definition) is 1. The van der Waals surface area contributed by atoms with Crippen LogP contribution < -0.4 is 5.56 Å². The van der Waals surface area contributed by atoms with Gasteiger partial charge in [0.15, 0.2) is 0 Å². The summed E-state index contributed by atoms with van der Waals surface area (Å²) < 4.78 is 2.91.